The molecule has 1 aromatic carbocycles. The Morgan fingerprint density at radius 2 is 2.00 bits per heavy atom. The van der Waals surface area contributed by atoms with Gasteiger partial charge in [0, 0.05) is 30.9 Å². The van der Waals surface area contributed by atoms with E-state index in [0.29, 0.717) is 5.69 Å². The number of ether oxygens (including phenoxy) is 1. The molecule has 1 aliphatic heterocycles. The molecule has 3 rings (SSSR count). The van der Waals surface area contributed by atoms with Crippen molar-refractivity contribution < 1.29 is 9.53 Å². The highest BCUT2D eigenvalue weighted by molar-refractivity contribution is 6.08. The highest BCUT2D eigenvalue weighted by Gasteiger charge is 2.21. The predicted molar refractivity (Wildman–Crippen MR) is 71.3 cm³/mol. The van der Waals surface area contributed by atoms with Crippen LogP contribution in [0.5, 0.6) is 0 Å². The lowest BCUT2D eigenvalue weighted by molar-refractivity contribution is 0.101. The summed E-state index contributed by atoms with van der Waals surface area (Å²) < 4.78 is 5.37. The minimum atomic E-state index is 0.0766. The van der Waals surface area contributed by atoms with Gasteiger partial charge >= 0.3 is 0 Å². The van der Waals surface area contributed by atoms with E-state index in [1.807, 2.05) is 18.2 Å². The van der Waals surface area contributed by atoms with Crippen LogP contribution >= 0.6 is 0 Å². The van der Waals surface area contributed by atoms with Gasteiger partial charge in [0.1, 0.15) is 5.69 Å². The molecule has 0 unspecified atom stereocenters. The normalized spacial score (nSPS) is 16.2. The zero-order chi connectivity index (χ0) is 12.5. The zero-order valence-electron chi connectivity index (χ0n) is 10.4. The molecular weight excluding hydrogens is 228 g/mol. The van der Waals surface area contributed by atoms with Crippen LogP contribution in [-0.4, -0.2) is 37.1 Å². The quantitative estimate of drug-likeness (QED) is 0.824. The number of ketones is 1. The van der Waals surface area contributed by atoms with Crippen molar-refractivity contribution in [3.63, 3.8) is 0 Å². The van der Waals surface area contributed by atoms with E-state index in [9.17, 15) is 4.79 Å². The first-order valence-electron chi connectivity index (χ1n) is 6.21. The van der Waals surface area contributed by atoms with Crippen molar-refractivity contribution >= 4 is 22.4 Å². The van der Waals surface area contributed by atoms with E-state index in [2.05, 4.69) is 16.0 Å². The second-order valence-corrected chi connectivity index (χ2v) is 4.55. The van der Waals surface area contributed by atoms with Gasteiger partial charge in [-0.15, -0.1) is 0 Å². The van der Waals surface area contributed by atoms with Crippen molar-refractivity contribution in [1.82, 2.24) is 4.98 Å². The summed E-state index contributed by atoms with van der Waals surface area (Å²) in [6, 6.07) is 8.05. The van der Waals surface area contributed by atoms with Gasteiger partial charge in [-0.1, -0.05) is 18.2 Å². The molecule has 0 amide bonds. The molecule has 0 saturated carbocycles. The Labute approximate surface area is 106 Å². The van der Waals surface area contributed by atoms with Crippen LogP contribution in [0.1, 0.15) is 17.4 Å². The third-order valence-electron chi connectivity index (χ3n) is 3.36. The van der Waals surface area contributed by atoms with Crippen molar-refractivity contribution in [3.05, 3.63) is 30.0 Å². The number of carbonyl (C=O) groups excluding carboxylic acids is 1. The largest absolute Gasteiger partial charge is 0.378 e. The van der Waals surface area contributed by atoms with E-state index in [0.717, 1.165) is 42.9 Å². The maximum atomic E-state index is 11.8. The molecule has 0 aliphatic carbocycles. The molecule has 4 heteroatoms. The molecule has 1 aliphatic rings. The summed E-state index contributed by atoms with van der Waals surface area (Å²) in [5, 5.41) is 1.12. The van der Waals surface area contributed by atoms with Crippen LogP contribution in [0, 0.1) is 0 Å². The molecule has 0 atom stereocenters. The first kappa shape index (κ1) is 11.3. The molecule has 1 fully saturated rings. The number of para-hydroxylation sites is 1. The van der Waals surface area contributed by atoms with E-state index < -0.39 is 0 Å². The summed E-state index contributed by atoms with van der Waals surface area (Å²) in [5.41, 5.74) is 2.75. The van der Waals surface area contributed by atoms with Crippen LogP contribution in [0.2, 0.25) is 0 Å². The van der Waals surface area contributed by atoms with Gasteiger partial charge in [-0.3, -0.25) is 4.79 Å². The molecule has 94 valence electrons. The number of hydrogen-bond acceptors (Lipinski definition) is 3. The molecule has 0 bridgehead atoms. The highest BCUT2D eigenvalue weighted by Crippen LogP contribution is 2.31. The molecule has 1 N–H and O–H groups in total. The van der Waals surface area contributed by atoms with E-state index in [-0.39, 0.29) is 5.78 Å². The predicted octanol–water partition coefficient (Wildman–Crippen LogP) is 2.21. The van der Waals surface area contributed by atoms with Gasteiger partial charge in [-0.25, -0.2) is 0 Å². The number of H-pyrrole nitrogens is 1. The lowest BCUT2D eigenvalue weighted by Crippen LogP contribution is -2.36. The third-order valence-corrected chi connectivity index (χ3v) is 3.36. The molecule has 18 heavy (non-hydrogen) atoms. The van der Waals surface area contributed by atoms with Gasteiger partial charge in [-0.05, 0) is 6.07 Å². The number of anilines is 1. The lowest BCUT2D eigenvalue weighted by Gasteiger charge is -2.29. The van der Waals surface area contributed by atoms with Crippen LogP contribution in [0.25, 0.3) is 10.9 Å². The fourth-order valence-electron chi connectivity index (χ4n) is 2.50. The maximum Gasteiger partial charge on any atom is 0.178 e. The zero-order valence-corrected chi connectivity index (χ0v) is 10.4. The van der Waals surface area contributed by atoms with Crippen molar-refractivity contribution in [2.24, 2.45) is 0 Å². The minimum Gasteiger partial charge on any atom is -0.378 e. The fraction of sp³-hybridized carbons (Fsp3) is 0.357. The molecule has 4 nitrogen and oxygen atoms in total. The van der Waals surface area contributed by atoms with Gasteiger partial charge < -0.3 is 14.6 Å². The van der Waals surface area contributed by atoms with Gasteiger partial charge in [0.2, 0.25) is 0 Å². The number of hydrogen-bond donors (Lipinski definition) is 1. The molecule has 0 radical (unpaired) electrons. The Morgan fingerprint density at radius 3 is 2.72 bits per heavy atom. The Hall–Kier alpha value is -1.81. The molecule has 2 aromatic rings. The van der Waals surface area contributed by atoms with Crippen molar-refractivity contribution in [2.75, 3.05) is 31.2 Å². The fourth-order valence-corrected chi connectivity index (χ4v) is 2.50. The van der Waals surface area contributed by atoms with Gasteiger partial charge in [0.25, 0.3) is 0 Å². The highest BCUT2D eigenvalue weighted by atomic mass is 16.5. The summed E-state index contributed by atoms with van der Waals surface area (Å²) >= 11 is 0. The van der Waals surface area contributed by atoms with Crippen LogP contribution in [0.3, 0.4) is 0 Å². The van der Waals surface area contributed by atoms with Crippen molar-refractivity contribution in [2.45, 2.75) is 6.92 Å². The van der Waals surface area contributed by atoms with Gasteiger partial charge in [0.05, 0.1) is 18.9 Å². The van der Waals surface area contributed by atoms with E-state index in [1.54, 1.807) is 6.92 Å². The van der Waals surface area contributed by atoms with Crippen LogP contribution < -0.4 is 4.90 Å². The Bertz CT molecular complexity index is 582. The Balaban J connectivity index is 2.17. The second kappa shape index (κ2) is 4.46. The van der Waals surface area contributed by atoms with Crippen LogP contribution in [0.15, 0.2) is 24.3 Å². The van der Waals surface area contributed by atoms with Crippen LogP contribution in [0.4, 0.5) is 5.69 Å². The van der Waals surface area contributed by atoms with Crippen molar-refractivity contribution in [3.8, 4) is 0 Å². The van der Waals surface area contributed by atoms with Crippen LogP contribution in [-0.2, 0) is 4.74 Å². The number of aromatic amines is 1. The van der Waals surface area contributed by atoms with E-state index in [4.69, 9.17) is 4.74 Å². The summed E-state index contributed by atoms with van der Waals surface area (Å²) in [5.74, 6) is 0.0766. The van der Waals surface area contributed by atoms with E-state index >= 15 is 0 Å². The third kappa shape index (κ3) is 1.78. The number of Topliss-reactive ketones (excluding diaryl/α,β-unsaturated/α-hetero) is 1. The number of carbonyl (C=O) groups is 1. The SMILES string of the molecule is CC(=O)c1[nH]c2ccccc2c1N1CCOCC1. The topological polar surface area (TPSA) is 45.3 Å². The number of nitrogens with zero attached hydrogens (tertiary/aromatic N) is 1. The average Bonchev–Trinajstić information content (AvgIpc) is 2.79. The summed E-state index contributed by atoms with van der Waals surface area (Å²) in [7, 11) is 0. The summed E-state index contributed by atoms with van der Waals surface area (Å²) in [6.45, 7) is 4.71. The first-order valence-corrected chi connectivity index (χ1v) is 6.21. The monoisotopic (exact) mass is 244 g/mol. The average molecular weight is 244 g/mol. The first-order chi connectivity index (χ1) is 8.77. The summed E-state index contributed by atoms with van der Waals surface area (Å²) in [6.07, 6.45) is 0. The molecule has 1 aromatic heterocycles. The standard InChI is InChI=1S/C14H16N2O2/c1-10(17)13-14(16-6-8-18-9-7-16)11-4-2-3-5-12(11)15-13/h2-5,15H,6-9H2,1H3. The Kier molecular flexibility index (Phi) is 2.80. The Morgan fingerprint density at radius 1 is 1.28 bits per heavy atom. The smallest absolute Gasteiger partial charge is 0.178 e. The van der Waals surface area contributed by atoms with E-state index in [1.165, 1.54) is 0 Å². The lowest BCUT2D eigenvalue weighted by atomic mass is 10.1. The van der Waals surface area contributed by atoms with Gasteiger partial charge in [-0.2, -0.15) is 0 Å². The number of aromatic nitrogens is 1. The number of nitrogens with one attached hydrogen (secondary N) is 1. The molecule has 2 heterocycles. The maximum absolute atomic E-state index is 11.8. The van der Waals surface area contributed by atoms with Crippen molar-refractivity contribution in [1.29, 1.82) is 0 Å². The number of benzene rings is 1. The second-order valence-electron chi connectivity index (χ2n) is 4.55. The summed E-state index contributed by atoms with van der Waals surface area (Å²) in [4.78, 5) is 17.3. The molecule has 0 spiro atoms. The molecular formula is C14H16N2O2. The number of rotatable bonds is 2. The minimum absolute atomic E-state index is 0.0766. The van der Waals surface area contributed by atoms with Gasteiger partial charge in [0.15, 0.2) is 5.78 Å². The number of fused-ring (bicyclic) bond motifs is 1. The molecule has 1 saturated heterocycles. The number of morpholine rings is 1.